The number of carbonyl (C=O) groups is 1. The average molecular weight is 282 g/mol. The van der Waals surface area contributed by atoms with Gasteiger partial charge >= 0.3 is 5.97 Å². The van der Waals surface area contributed by atoms with Crippen LogP contribution < -0.4 is 0 Å². The van der Waals surface area contributed by atoms with E-state index in [1.807, 2.05) is 4.90 Å². The van der Waals surface area contributed by atoms with Crippen molar-refractivity contribution in [2.75, 3.05) is 32.7 Å². The number of halogens is 1. The van der Waals surface area contributed by atoms with Crippen molar-refractivity contribution in [1.82, 2.24) is 9.80 Å². The van der Waals surface area contributed by atoms with Gasteiger partial charge in [0.05, 0.1) is 6.54 Å². The molecule has 0 amide bonds. The highest BCUT2D eigenvalue weighted by Crippen LogP contribution is 2.20. The molecular weight excluding hydrogens is 263 g/mol. The smallest absolute Gasteiger partial charge is 0.317 e. The lowest BCUT2D eigenvalue weighted by Crippen LogP contribution is -2.34. The van der Waals surface area contributed by atoms with Crippen molar-refractivity contribution in [3.63, 3.8) is 0 Å². The van der Waals surface area contributed by atoms with E-state index in [1.54, 1.807) is 0 Å². The molecule has 1 fully saturated rings. The summed E-state index contributed by atoms with van der Waals surface area (Å²) in [7, 11) is 0. The Hall–Kier alpha value is -1.66. The van der Waals surface area contributed by atoms with Crippen LogP contribution in [0.2, 0.25) is 0 Å². The van der Waals surface area contributed by atoms with Gasteiger partial charge in [-0.15, -0.1) is 0 Å². The molecule has 0 aliphatic carbocycles. The summed E-state index contributed by atoms with van der Waals surface area (Å²) in [5.41, 5.74) is 0.566. The summed E-state index contributed by atoms with van der Waals surface area (Å²) in [4.78, 5) is 14.7. The third kappa shape index (κ3) is 4.18. The molecule has 0 atom stereocenters. The van der Waals surface area contributed by atoms with E-state index in [-0.39, 0.29) is 18.1 Å². The normalized spacial score (nSPS) is 17.9. The highest BCUT2D eigenvalue weighted by atomic mass is 19.1. The Labute approximate surface area is 117 Å². The maximum absolute atomic E-state index is 13.2. The number of nitrogens with zero attached hydrogens (tertiary/aromatic N) is 2. The van der Waals surface area contributed by atoms with Gasteiger partial charge in [-0.1, -0.05) is 0 Å². The molecule has 6 heteroatoms. The minimum atomic E-state index is -0.818. The van der Waals surface area contributed by atoms with E-state index in [9.17, 15) is 14.3 Å². The fourth-order valence-corrected chi connectivity index (χ4v) is 2.45. The Morgan fingerprint density at radius 1 is 1.20 bits per heavy atom. The van der Waals surface area contributed by atoms with Gasteiger partial charge in [-0.2, -0.15) is 0 Å². The molecule has 1 saturated heterocycles. The third-order valence-corrected chi connectivity index (χ3v) is 3.48. The summed E-state index contributed by atoms with van der Waals surface area (Å²) in [5, 5.41) is 18.5. The Bertz CT molecular complexity index is 481. The van der Waals surface area contributed by atoms with Crippen LogP contribution in [0.15, 0.2) is 18.2 Å². The number of hydrogen-bond donors (Lipinski definition) is 2. The van der Waals surface area contributed by atoms with Gasteiger partial charge in [0, 0.05) is 31.7 Å². The quantitative estimate of drug-likeness (QED) is 0.866. The van der Waals surface area contributed by atoms with E-state index in [1.165, 1.54) is 18.2 Å². The van der Waals surface area contributed by atoms with Crippen LogP contribution in [0.3, 0.4) is 0 Å². The molecule has 0 radical (unpaired) electrons. The molecule has 0 aromatic heterocycles. The average Bonchev–Trinajstić information content (AvgIpc) is 2.59. The highest BCUT2D eigenvalue weighted by Gasteiger charge is 2.17. The Morgan fingerprint density at radius 3 is 2.65 bits per heavy atom. The molecule has 20 heavy (non-hydrogen) atoms. The van der Waals surface area contributed by atoms with Gasteiger partial charge in [0.25, 0.3) is 0 Å². The van der Waals surface area contributed by atoms with Gasteiger partial charge in [0.1, 0.15) is 11.6 Å². The van der Waals surface area contributed by atoms with Gasteiger partial charge in [-0.05, 0) is 31.2 Å². The zero-order valence-corrected chi connectivity index (χ0v) is 11.3. The Balaban J connectivity index is 1.94. The van der Waals surface area contributed by atoms with Crippen LogP contribution in [0.25, 0.3) is 0 Å². The fourth-order valence-electron chi connectivity index (χ4n) is 2.45. The Morgan fingerprint density at radius 2 is 1.90 bits per heavy atom. The minimum Gasteiger partial charge on any atom is -0.508 e. The van der Waals surface area contributed by atoms with Crippen molar-refractivity contribution < 1.29 is 19.4 Å². The van der Waals surface area contributed by atoms with Crippen molar-refractivity contribution in [2.45, 2.75) is 13.0 Å². The van der Waals surface area contributed by atoms with Gasteiger partial charge in [-0.25, -0.2) is 4.39 Å². The molecule has 1 aliphatic rings. The van der Waals surface area contributed by atoms with Gasteiger partial charge < -0.3 is 10.2 Å². The molecule has 0 saturated carbocycles. The number of phenolic OH excluding ortho intramolecular Hbond substituents is 1. The summed E-state index contributed by atoms with van der Waals surface area (Å²) >= 11 is 0. The Kier molecular flexibility index (Phi) is 4.92. The first-order valence-corrected chi connectivity index (χ1v) is 6.68. The lowest BCUT2D eigenvalue weighted by atomic mass is 10.2. The third-order valence-electron chi connectivity index (χ3n) is 3.48. The van der Waals surface area contributed by atoms with Crippen LogP contribution in [0.5, 0.6) is 5.75 Å². The number of carboxylic acid groups (broad SMARTS) is 1. The summed E-state index contributed by atoms with van der Waals surface area (Å²) < 4.78 is 13.2. The predicted molar refractivity (Wildman–Crippen MR) is 72.0 cm³/mol. The molecule has 1 heterocycles. The van der Waals surface area contributed by atoms with Crippen LogP contribution in [-0.2, 0) is 11.3 Å². The van der Waals surface area contributed by atoms with Crippen molar-refractivity contribution in [3.05, 3.63) is 29.6 Å². The van der Waals surface area contributed by atoms with Crippen molar-refractivity contribution in [2.24, 2.45) is 0 Å². The molecule has 1 aromatic carbocycles. The van der Waals surface area contributed by atoms with E-state index < -0.39 is 5.97 Å². The predicted octanol–water partition coefficient (Wildman–Crippen LogP) is 1.12. The molecule has 1 aromatic rings. The number of hydrogen-bond acceptors (Lipinski definition) is 4. The van der Waals surface area contributed by atoms with Crippen molar-refractivity contribution in [1.29, 1.82) is 0 Å². The maximum Gasteiger partial charge on any atom is 0.317 e. The van der Waals surface area contributed by atoms with E-state index in [0.717, 1.165) is 19.5 Å². The standard InChI is InChI=1S/C14H19FN2O3/c15-12-2-3-13(18)11(8-12)9-16-4-1-5-17(7-6-16)10-14(19)20/h2-3,8,18H,1,4-7,9-10H2,(H,19,20). The fraction of sp³-hybridized carbons (Fsp3) is 0.500. The molecular formula is C14H19FN2O3. The number of phenols is 1. The maximum atomic E-state index is 13.2. The second-order valence-corrected chi connectivity index (χ2v) is 5.07. The summed E-state index contributed by atoms with van der Waals surface area (Å²) in [6.45, 7) is 3.47. The lowest BCUT2D eigenvalue weighted by Gasteiger charge is -2.21. The number of aliphatic carboxylic acids is 1. The van der Waals surface area contributed by atoms with Crippen molar-refractivity contribution in [3.8, 4) is 5.75 Å². The van der Waals surface area contributed by atoms with Gasteiger partial charge in [-0.3, -0.25) is 14.6 Å². The molecule has 110 valence electrons. The van der Waals surface area contributed by atoms with Crippen LogP contribution in [-0.4, -0.2) is 58.7 Å². The van der Waals surface area contributed by atoms with Gasteiger partial charge in [0.2, 0.25) is 0 Å². The number of aromatic hydroxyl groups is 1. The van der Waals surface area contributed by atoms with Crippen LogP contribution >= 0.6 is 0 Å². The minimum absolute atomic E-state index is 0.0546. The first-order chi connectivity index (χ1) is 9.54. The molecule has 0 spiro atoms. The molecule has 2 N–H and O–H groups in total. The monoisotopic (exact) mass is 282 g/mol. The molecule has 5 nitrogen and oxygen atoms in total. The second kappa shape index (κ2) is 6.67. The molecule has 0 bridgehead atoms. The van der Waals surface area contributed by atoms with Gasteiger partial charge in [0.15, 0.2) is 0 Å². The summed E-state index contributed by atoms with van der Waals surface area (Å²) in [5.74, 6) is -1.08. The zero-order valence-electron chi connectivity index (χ0n) is 11.3. The first kappa shape index (κ1) is 14.7. The SMILES string of the molecule is O=C(O)CN1CCCN(Cc2cc(F)ccc2O)CC1. The van der Waals surface area contributed by atoms with Crippen molar-refractivity contribution >= 4 is 5.97 Å². The summed E-state index contributed by atoms with van der Waals surface area (Å²) in [6.07, 6.45) is 0.864. The largest absolute Gasteiger partial charge is 0.508 e. The number of benzene rings is 1. The molecule has 2 rings (SSSR count). The van der Waals surface area contributed by atoms with E-state index in [0.29, 0.717) is 25.2 Å². The molecule has 0 unspecified atom stereocenters. The number of rotatable bonds is 4. The first-order valence-electron chi connectivity index (χ1n) is 6.68. The summed E-state index contributed by atoms with van der Waals surface area (Å²) in [6, 6.07) is 3.93. The number of carboxylic acids is 1. The lowest BCUT2D eigenvalue weighted by molar-refractivity contribution is -0.138. The zero-order chi connectivity index (χ0) is 14.5. The topological polar surface area (TPSA) is 64.0 Å². The van der Waals surface area contributed by atoms with Crippen LogP contribution in [0.4, 0.5) is 4.39 Å². The molecule has 1 aliphatic heterocycles. The van der Waals surface area contributed by atoms with E-state index in [4.69, 9.17) is 5.11 Å². The highest BCUT2D eigenvalue weighted by molar-refractivity contribution is 5.69. The van der Waals surface area contributed by atoms with Crippen LogP contribution in [0.1, 0.15) is 12.0 Å². The van der Waals surface area contributed by atoms with E-state index in [2.05, 4.69) is 4.90 Å². The van der Waals surface area contributed by atoms with Crippen LogP contribution in [0, 0.1) is 5.82 Å². The second-order valence-electron chi connectivity index (χ2n) is 5.07. The van der Waals surface area contributed by atoms with E-state index >= 15 is 0 Å².